The van der Waals surface area contributed by atoms with Gasteiger partial charge in [0.15, 0.2) is 0 Å². The monoisotopic (exact) mass is 696 g/mol. The van der Waals surface area contributed by atoms with Crippen LogP contribution in [0, 0.1) is 58.0 Å². The summed E-state index contributed by atoms with van der Waals surface area (Å²) in [5, 5.41) is 18.7. The highest BCUT2D eigenvalue weighted by molar-refractivity contribution is 5.70. The summed E-state index contributed by atoms with van der Waals surface area (Å²) in [6.07, 6.45) is 28.6. The van der Waals surface area contributed by atoms with E-state index in [0.29, 0.717) is 35.5 Å². The first kappa shape index (κ1) is 40.5. The molecule has 0 atom stereocenters. The van der Waals surface area contributed by atoms with Gasteiger partial charge in [-0.05, 0) is 110 Å². The van der Waals surface area contributed by atoms with Gasteiger partial charge in [0.2, 0.25) is 0 Å². The van der Waals surface area contributed by atoms with Gasteiger partial charge in [0, 0.05) is 11.1 Å². The molecule has 0 unspecified atom stereocenters. The third kappa shape index (κ3) is 13.0. The van der Waals surface area contributed by atoms with Gasteiger partial charge in [0.25, 0.3) is 0 Å². The Morgan fingerprint density at radius 1 is 0.608 bits per heavy atom. The number of rotatable bonds is 20. The molecule has 0 spiro atoms. The minimum atomic E-state index is -0.353. The van der Waals surface area contributed by atoms with Crippen molar-refractivity contribution in [1.82, 2.24) is 0 Å². The summed E-state index contributed by atoms with van der Waals surface area (Å²) in [5.41, 5.74) is 3.75. The summed E-state index contributed by atoms with van der Waals surface area (Å²) in [4.78, 5) is 0. The zero-order valence-corrected chi connectivity index (χ0v) is 31.5. The number of halogens is 2. The van der Waals surface area contributed by atoms with Gasteiger partial charge in [0.05, 0.1) is 36.5 Å². The molecule has 0 radical (unpaired) electrons. The zero-order chi connectivity index (χ0) is 36.3. The van der Waals surface area contributed by atoms with Crippen molar-refractivity contribution in [1.29, 1.82) is 10.5 Å². The van der Waals surface area contributed by atoms with Crippen LogP contribution in [0.5, 0.6) is 0 Å². The van der Waals surface area contributed by atoms with Crippen LogP contribution in [0.1, 0.15) is 165 Å². The number of nitrogens with zero attached hydrogens (tertiary/aromatic N) is 2. The Balaban J connectivity index is 1.43. The molecule has 0 aromatic heterocycles. The molecule has 5 heteroatoms. The average Bonchev–Trinajstić information content (AvgIpc) is 3.15. The van der Waals surface area contributed by atoms with Crippen molar-refractivity contribution in [3.8, 4) is 12.1 Å². The van der Waals surface area contributed by atoms with Gasteiger partial charge in [0.1, 0.15) is 11.6 Å². The van der Waals surface area contributed by atoms with Crippen LogP contribution >= 0.6 is 0 Å². The van der Waals surface area contributed by atoms with Gasteiger partial charge in [-0.15, -0.1) is 0 Å². The maximum atomic E-state index is 15.4. The van der Waals surface area contributed by atoms with Crippen LogP contribution < -0.4 is 0 Å². The van der Waals surface area contributed by atoms with Gasteiger partial charge < -0.3 is 4.74 Å². The molecular formula is C46H62F2N2O. The minimum Gasteiger partial charge on any atom is -0.373 e. The lowest BCUT2D eigenvalue weighted by atomic mass is 9.75. The van der Waals surface area contributed by atoms with E-state index in [1.54, 1.807) is 24.3 Å². The lowest BCUT2D eigenvalue weighted by Gasteiger charge is -2.31. The van der Waals surface area contributed by atoms with Crippen molar-refractivity contribution in [2.45, 2.75) is 142 Å². The van der Waals surface area contributed by atoms with E-state index < -0.39 is 0 Å². The Kier molecular flexibility index (Phi) is 18.0. The third-order valence-corrected chi connectivity index (χ3v) is 11.7. The van der Waals surface area contributed by atoms with E-state index in [1.807, 2.05) is 12.2 Å². The largest absolute Gasteiger partial charge is 0.373 e. The molecule has 0 N–H and O–H groups in total. The second-order valence-electron chi connectivity index (χ2n) is 15.3. The molecule has 2 fully saturated rings. The first-order valence-corrected chi connectivity index (χ1v) is 20.3. The van der Waals surface area contributed by atoms with E-state index in [9.17, 15) is 10.5 Å². The van der Waals surface area contributed by atoms with Crippen molar-refractivity contribution >= 4 is 11.1 Å². The molecule has 2 aromatic rings. The van der Waals surface area contributed by atoms with Crippen LogP contribution in [-0.2, 0) is 4.74 Å². The number of unbranched alkanes of at least 4 members (excludes halogenated alkanes) is 8. The summed E-state index contributed by atoms with van der Waals surface area (Å²) >= 11 is 0. The van der Waals surface area contributed by atoms with E-state index in [0.717, 1.165) is 74.3 Å². The van der Waals surface area contributed by atoms with Gasteiger partial charge in [-0.2, -0.15) is 10.5 Å². The number of nitriles is 2. The minimum absolute atomic E-state index is 0.257. The number of allylic oxidation sites excluding steroid dienone is 2. The molecule has 0 saturated heterocycles. The van der Waals surface area contributed by atoms with Crippen molar-refractivity contribution in [2.24, 2.45) is 23.7 Å². The molecule has 0 bridgehead atoms. The van der Waals surface area contributed by atoms with Gasteiger partial charge in [-0.1, -0.05) is 115 Å². The molecule has 0 amide bonds. The van der Waals surface area contributed by atoms with Gasteiger partial charge in [-0.25, -0.2) is 8.78 Å². The van der Waals surface area contributed by atoms with Crippen molar-refractivity contribution in [3.63, 3.8) is 0 Å². The first-order chi connectivity index (χ1) is 25.0. The topological polar surface area (TPSA) is 56.8 Å². The van der Waals surface area contributed by atoms with E-state index in [1.165, 1.54) is 89.2 Å². The Hall–Kier alpha value is -3.28. The molecule has 51 heavy (non-hydrogen) atoms. The lowest BCUT2D eigenvalue weighted by molar-refractivity contribution is 0.193. The average molecular weight is 697 g/mol. The molecular weight excluding hydrogens is 635 g/mol. The summed E-state index contributed by atoms with van der Waals surface area (Å²) in [6, 6.07) is 13.7. The fourth-order valence-electron chi connectivity index (χ4n) is 8.59. The van der Waals surface area contributed by atoms with E-state index in [4.69, 9.17) is 4.74 Å². The standard InChI is InChI=1S/C46H62F2N2O/c1-3-5-7-9-11-13-35-15-21-39(22-16-35)41(43-25-19-37(33-49)31-45(43)47)27-29-51-30-28-42(44-26-20-38(34-50)32-46(44)48)40-23-17-36(18-24-40)14-12-10-8-6-4-2/h19-20,25-28,31-32,35-36,39-40H,3-18,21-24,29-30H2,1-2H3/t35-,36-,39-,40-. The molecule has 4 rings (SSSR count). The van der Waals surface area contributed by atoms with Crippen LogP contribution in [0.25, 0.3) is 11.1 Å². The van der Waals surface area contributed by atoms with Crippen molar-refractivity contribution < 1.29 is 13.5 Å². The normalized spacial score (nSPS) is 21.3. The molecule has 2 aliphatic rings. The van der Waals surface area contributed by atoms with Gasteiger partial charge in [-0.3, -0.25) is 0 Å². The second kappa shape index (κ2) is 22.6. The maximum absolute atomic E-state index is 15.4. The van der Waals surface area contributed by atoms with E-state index in [-0.39, 0.29) is 23.5 Å². The molecule has 2 saturated carbocycles. The highest BCUT2D eigenvalue weighted by Gasteiger charge is 2.27. The highest BCUT2D eigenvalue weighted by Crippen LogP contribution is 2.42. The van der Waals surface area contributed by atoms with Crippen LogP contribution in [0.3, 0.4) is 0 Å². The van der Waals surface area contributed by atoms with Crippen LogP contribution in [0.4, 0.5) is 8.78 Å². The molecule has 0 heterocycles. The maximum Gasteiger partial charge on any atom is 0.132 e. The number of ether oxygens (including phenoxy) is 1. The molecule has 0 aliphatic heterocycles. The van der Waals surface area contributed by atoms with E-state index in [2.05, 4.69) is 26.0 Å². The highest BCUT2D eigenvalue weighted by atomic mass is 19.1. The smallest absolute Gasteiger partial charge is 0.132 e. The predicted molar refractivity (Wildman–Crippen MR) is 207 cm³/mol. The molecule has 2 aliphatic carbocycles. The number of benzene rings is 2. The SMILES string of the molecule is CCCCCCC[C@H]1CC[C@H](C(=CCOCC=C(c2ccc(C#N)cc2F)[C@H]2CC[C@H](CCCCCCC)CC2)c2ccc(C#N)cc2F)CC1. The Bertz CT molecular complexity index is 1370. The summed E-state index contributed by atoms with van der Waals surface area (Å²) in [7, 11) is 0. The van der Waals surface area contributed by atoms with E-state index >= 15 is 8.78 Å². The molecule has 3 nitrogen and oxygen atoms in total. The number of hydrogen-bond acceptors (Lipinski definition) is 3. The summed E-state index contributed by atoms with van der Waals surface area (Å²) < 4.78 is 37.0. The second-order valence-corrected chi connectivity index (χ2v) is 15.3. The van der Waals surface area contributed by atoms with Crippen LogP contribution in [-0.4, -0.2) is 13.2 Å². The molecule has 2 aromatic carbocycles. The third-order valence-electron chi connectivity index (χ3n) is 11.7. The molecule has 276 valence electrons. The lowest BCUT2D eigenvalue weighted by Crippen LogP contribution is -2.17. The predicted octanol–water partition coefficient (Wildman–Crippen LogP) is 13.5. The van der Waals surface area contributed by atoms with Gasteiger partial charge >= 0.3 is 0 Å². The number of hydrogen-bond donors (Lipinski definition) is 0. The quantitative estimate of drug-likeness (QED) is 0.129. The van der Waals surface area contributed by atoms with Crippen molar-refractivity contribution in [2.75, 3.05) is 13.2 Å². The Morgan fingerprint density at radius 2 is 1.00 bits per heavy atom. The summed E-state index contributed by atoms with van der Waals surface area (Å²) in [5.74, 6) is 1.30. The zero-order valence-electron chi connectivity index (χ0n) is 31.5. The van der Waals surface area contributed by atoms with Crippen molar-refractivity contribution in [3.05, 3.63) is 82.4 Å². The Labute approximate surface area is 308 Å². The summed E-state index contributed by atoms with van der Waals surface area (Å²) in [6.45, 7) is 5.17. The Morgan fingerprint density at radius 3 is 1.35 bits per heavy atom. The van der Waals surface area contributed by atoms with Crippen LogP contribution in [0.15, 0.2) is 48.6 Å². The van der Waals surface area contributed by atoms with Crippen LogP contribution in [0.2, 0.25) is 0 Å². The fourth-order valence-corrected chi connectivity index (χ4v) is 8.59. The first-order valence-electron chi connectivity index (χ1n) is 20.3. The fraction of sp³-hybridized carbons (Fsp3) is 0.609.